The third-order valence-corrected chi connectivity index (χ3v) is 3.96. The minimum Gasteiger partial charge on any atom is -0.435 e. The smallest absolute Gasteiger partial charge is 0.425 e. The second-order valence-electron chi connectivity index (χ2n) is 6.02. The molecule has 0 bridgehead atoms. The van der Waals surface area contributed by atoms with E-state index in [0.717, 1.165) is 10.8 Å². The first-order valence-corrected chi connectivity index (χ1v) is 8.10. The van der Waals surface area contributed by atoms with E-state index in [4.69, 9.17) is 0 Å². The number of hydrogen-bond acceptors (Lipinski definition) is 4. The summed E-state index contributed by atoms with van der Waals surface area (Å²) in [5, 5.41) is 12.4. The second-order valence-corrected chi connectivity index (χ2v) is 6.02. The van der Waals surface area contributed by atoms with Crippen molar-refractivity contribution in [1.82, 2.24) is 14.9 Å². The van der Waals surface area contributed by atoms with E-state index in [2.05, 4.69) is 15.0 Å². The normalized spacial score (nSPS) is 14.0. The number of aliphatic hydroxyl groups is 1. The van der Waals surface area contributed by atoms with Crippen molar-refractivity contribution in [3.63, 3.8) is 0 Å². The standard InChI is InChI=1S/C17H18F5N3O3/c1-25-9-8-24-14(25)16(27,17(20,21)22)10-13(26)23-7-6-11-2-4-12(5-3-11)28-15(18)19/h2-5,8-9,15,27H,6-7,10H2,1H3,(H,23,26). The monoisotopic (exact) mass is 407 g/mol. The maximum atomic E-state index is 13.4. The Balaban J connectivity index is 1.94. The van der Waals surface area contributed by atoms with E-state index in [-0.39, 0.29) is 18.7 Å². The van der Waals surface area contributed by atoms with Crippen molar-refractivity contribution in [2.45, 2.75) is 31.2 Å². The van der Waals surface area contributed by atoms with Gasteiger partial charge in [-0.1, -0.05) is 12.1 Å². The fourth-order valence-electron chi connectivity index (χ4n) is 2.55. The molecule has 1 heterocycles. The fourth-order valence-corrected chi connectivity index (χ4v) is 2.55. The largest absolute Gasteiger partial charge is 0.435 e. The number of alkyl halides is 5. The molecule has 154 valence electrons. The predicted molar refractivity (Wildman–Crippen MR) is 87.6 cm³/mol. The van der Waals surface area contributed by atoms with E-state index in [1.807, 2.05) is 0 Å². The lowest BCUT2D eigenvalue weighted by Gasteiger charge is -2.29. The maximum absolute atomic E-state index is 13.4. The summed E-state index contributed by atoms with van der Waals surface area (Å²) in [4.78, 5) is 15.5. The van der Waals surface area contributed by atoms with Gasteiger partial charge in [0.25, 0.3) is 0 Å². The van der Waals surface area contributed by atoms with Crippen molar-refractivity contribution in [3.8, 4) is 5.75 Å². The molecule has 0 saturated carbocycles. The first kappa shape index (κ1) is 21.6. The number of rotatable bonds is 8. The number of halogens is 5. The van der Waals surface area contributed by atoms with Crippen molar-refractivity contribution in [1.29, 1.82) is 0 Å². The van der Waals surface area contributed by atoms with E-state index in [9.17, 15) is 31.9 Å². The summed E-state index contributed by atoms with van der Waals surface area (Å²) in [5.74, 6) is -1.74. The minimum atomic E-state index is -5.11. The molecular formula is C17H18F5N3O3. The van der Waals surface area contributed by atoms with Crippen molar-refractivity contribution < 1.29 is 36.6 Å². The van der Waals surface area contributed by atoms with Gasteiger partial charge in [-0.05, 0) is 24.1 Å². The van der Waals surface area contributed by atoms with Crippen LogP contribution < -0.4 is 10.1 Å². The van der Waals surface area contributed by atoms with E-state index >= 15 is 0 Å². The van der Waals surface area contributed by atoms with Gasteiger partial charge in [0.2, 0.25) is 11.5 Å². The number of nitrogens with zero attached hydrogens (tertiary/aromatic N) is 2. The Morgan fingerprint density at radius 3 is 2.43 bits per heavy atom. The van der Waals surface area contributed by atoms with Gasteiger partial charge in [0.1, 0.15) is 5.75 Å². The number of carbonyl (C=O) groups excluding carboxylic acids is 1. The summed E-state index contributed by atoms with van der Waals surface area (Å²) < 4.78 is 69.5. The quantitative estimate of drug-likeness (QED) is 0.660. The van der Waals surface area contributed by atoms with E-state index < -0.39 is 36.5 Å². The lowest BCUT2D eigenvalue weighted by atomic mass is 9.97. The number of amides is 1. The van der Waals surface area contributed by atoms with Crippen molar-refractivity contribution >= 4 is 5.91 Å². The number of hydrogen-bond donors (Lipinski definition) is 2. The molecule has 0 spiro atoms. The Bertz CT molecular complexity index is 792. The molecule has 0 saturated heterocycles. The molecule has 1 unspecified atom stereocenters. The third-order valence-electron chi connectivity index (χ3n) is 3.96. The van der Waals surface area contributed by atoms with Gasteiger partial charge in [-0.15, -0.1) is 0 Å². The molecule has 0 aliphatic heterocycles. The van der Waals surface area contributed by atoms with Crippen LogP contribution in [0.3, 0.4) is 0 Å². The van der Waals surface area contributed by atoms with Crippen LogP contribution in [0.15, 0.2) is 36.7 Å². The second kappa shape index (κ2) is 8.55. The zero-order valence-electron chi connectivity index (χ0n) is 14.7. The van der Waals surface area contributed by atoms with Gasteiger partial charge in [-0.3, -0.25) is 4.79 Å². The molecule has 1 aromatic carbocycles. The molecule has 2 N–H and O–H groups in total. The molecule has 2 aromatic rings. The maximum Gasteiger partial charge on any atom is 0.425 e. The van der Waals surface area contributed by atoms with Crippen LogP contribution in [-0.4, -0.2) is 39.9 Å². The van der Waals surface area contributed by atoms with Crippen LogP contribution in [0.4, 0.5) is 22.0 Å². The van der Waals surface area contributed by atoms with Gasteiger partial charge < -0.3 is 19.7 Å². The molecular weight excluding hydrogens is 389 g/mol. The van der Waals surface area contributed by atoms with Crippen LogP contribution in [0, 0.1) is 0 Å². The van der Waals surface area contributed by atoms with Gasteiger partial charge >= 0.3 is 12.8 Å². The van der Waals surface area contributed by atoms with Crippen molar-refractivity contribution in [2.75, 3.05) is 6.54 Å². The van der Waals surface area contributed by atoms with E-state index in [0.29, 0.717) is 5.56 Å². The Kier molecular flexibility index (Phi) is 6.60. The molecule has 0 fully saturated rings. The molecule has 6 nitrogen and oxygen atoms in total. The van der Waals surface area contributed by atoms with Gasteiger partial charge in [0, 0.05) is 26.0 Å². The first-order chi connectivity index (χ1) is 13.0. The highest BCUT2D eigenvalue weighted by Gasteiger charge is 2.58. The number of ether oxygens (including phenoxy) is 1. The number of nitrogens with one attached hydrogen (secondary N) is 1. The summed E-state index contributed by atoms with van der Waals surface area (Å²) >= 11 is 0. The van der Waals surface area contributed by atoms with Crippen LogP contribution >= 0.6 is 0 Å². The minimum absolute atomic E-state index is 0.0115. The Labute approximate surface area is 156 Å². The summed E-state index contributed by atoms with van der Waals surface area (Å²) in [7, 11) is 1.28. The average Bonchev–Trinajstić information content (AvgIpc) is 3.01. The summed E-state index contributed by atoms with van der Waals surface area (Å²) in [6, 6.07) is 5.60. The highest BCUT2D eigenvalue weighted by atomic mass is 19.4. The predicted octanol–water partition coefficient (Wildman–Crippen LogP) is 2.52. The topological polar surface area (TPSA) is 76.4 Å². The molecule has 0 aliphatic carbocycles. The Hall–Kier alpha value is -2.69. The zero-order chi connectivity index (χ0) is 20.9. The highest BCUT2D eigenvalue weighted by Crippen LogP contribution is 2.40. The molecule has 1 amide bonds. The van der Waals surface area contributed by atoms with Crippen LogP contribution in [0.2, 0.25) is 0 Å². The highest BCUT2D eigenvalue weighted by molar-refractivity contribution is 5.77. The Morgan fingerprint density at radius 1 is 1.29 bits per heavy atom. The van der Waals surface area contributed by atoms with Crippen LogP contribution in [0.1, 0.15) is 17.8 Å². The number of aryl methyl sites for hydroxylation is 1. The van der Waals surface area contributed by atoms with Crippen molar-refractivity contribution in [3.05, 3.63) is 48.0 Å². The SMILES string of the molecule is Cn1ccnc1C(O)(CC(=O)NCCc1ccc(OC(F)F)cc1)C(F)(F)F. The molecule has 28 heavy (non-hydrogen) atoms. The molecule has 2 rings (SSSR count). The molecule has 1 atom stereocenters. The summed E-state index contributed by atoms with van der Waals surface area (Å²) in [5.41, 5.74) is -2.78. The number of carbonyl (C=O) groups is 1. The van der Waals surface area contributed by atoms with E-state index in [1.54, 1.807) is 0 Å². The summed E-state index contributed by atoms with van der Waals surface area (Å²) in [6.07, 6.45) is -3.79. The van der Waals surface area contributed by atoms with Crippen molar-refractivity contribution in [2.24, 2.45) is 7.05 Å². The van der Waals surface area contributed by atoms with E-state index in [1.165, 1.54) is 37.5 Å². The fraction of sp³-hybridized carbons (Fsp3) is 0.412. The molecule has 11 heteroatoms. The third kappa shape index (κ3) is 5.18. The lowest BCUT2D eigenvalue weighted by Crippen LogP contribution is -2.48. The Morgan fingerprint density at radius 2 is 1.93 bits per heavy atom. The number of imidazole rings is 1. The lowest BCUT2D eigenvalue weighted by molar-refractivity contribution is -0.271. The molecule has 0 aliphatic rings. The van der Waals surface area contributed by atoms with Crippen LogP contribution in [0.5, 0.6) is 5.75 Å². The average molecular weight is 407 g/mol. The van der Waals surface area contributed by atoms with Crippen LogP contribution in [-0.2, 0) is 23.9 Å². The first-order valence-electron chi connectivity index (χ1n) is 8.10. The molecule has 1 aromatic heterocycles. The zero-order valence-corrected chi connectivity index (χ0v) is 14.7. The van der Waals surface area contributed by atoms with Crippen LogP contribution in [0.25, 0.3) is 0 Å². The van der Waals surface area contributed by atoms with Gasteiger partial charge in [-0.25, -0.2) is 4.98 Å². The molecule has 0 radical (unpaired) electrons. The summed E-state index contributed by atoms with van der Waals surface area (Å²) in [6.45, 7) is -2.96. The van der Waals surface area contributed by atoms with Gasteiger partial charge in [0.05, 0.1) is 6.42 Å². The number of benzene rings is 1. The number of aromatic nitrogens is 2. The van der Waals surface area contributed by atoms with Gasteiger partial charge in [0.15, 0.2) is 5.82 Å². The van der Waals surface area contributed by atoms with Gasteiger partial charge in [-0.2, -0.15) is 22.0 Å².